The molecule has 5 heteroatoms. The fourth-order valence-electron chi connectivity index (χ4n) is 1.81. The van der Waals surface area contributed by atoms with Gasteiger partial charge >= 0.3 is 0 Å². The summed E-state index contributed by atoms with van der Waals surface area (Å²) in [6, 6.07) is 1.68. The van der Waals surface area contributed by atoms with Crippen molar-refractivity contribution in [3.63, 3.8) is 0 Å². The number of hydrogen-bond acceptors (Lipinski definition) is 3. The van der Waals surface area contributed by atoms with Gasteiger partial charge in [0, 0.05) is 23.0 Å². The molecule has 1 aromatic heterocycles. The Labute approximate surface area is 102 Å². The molecule has 4 nitrogen and oxygen atoms in total. The van der Waals surface area contributed by atoms with E-state index >= 15 is 0 Å². The molecule has 2 rings (SSSR count). The minimum absolute atomic E-state index is 0.174. The molecule has 16 heavy (non-hydrogen) atoms. The first-order valence-corrected chi connectivity index (χ1v) is 6.24. The van der Waals surface area contributed by atoms with Gasteiger partial charge in [-0.1, -0.05) is 15.9 Å². The molecule has 1 aliphatic rings. The molecule has 1 saturated carbocycles. The summed E-state index contributed by atoms with van der Waals surface area (Å²) in [5.41, 5.74) is 1.46. The van der Waals surface area contributed by atoms with Crippen LogP contribution < -0.4 is 0 Å². The highest BCUT2D eigenvalue weighted by atomic mass is 79.9. The fourth-order valence-corrected chi connectivity index (χ4v) is 2.65. The second-order valence-corrected chi connectivity index (χ2v) is 5.41. The maximum Gasteiger partial charge on any atom is 0.293 e. The summed E-state index contributed by atoms with van der Waals surface area (Å²) in [5, 5.41) is 11.0. The Morgan fingerprint density at radius 3 is 2.94 bits per heavy atom. The third kappa shape index (κ3) is 2.40. The third-order valence-corrected chi connectivity index (χ3v) is 3.98. The van der Waals surface area contributed by atoms with Crippen LogP contribution in [-0.4, -0.2) is 14.7 Å². The number of pyridine rings is 1. The minimum atomic E-state index is -0.329. The highest BCUT2D eigenvalue weighted by Gasteiger charge is 2.31. The van der Waals surface area contributed by atoms with Crippen molar-refractivity contribution in [3.05, 3.63) is 33.6 Å². The van der Waals surface area contributed by atoms with Crippen LogP contribution in [0.15, 0.2) is 12.3 Å². The standard InChI is InChI=1S/C11H13BrN2O2/c1-7-4-5-13-10(11(7)14(15)16)6-9(12)8-2-3-8/h4-5,8-9H,2-3,6H2,1H3. The van der Waals surface area contributed by atoms with E-state index in [2.05, 4.69) is 20.9 Å². The van der Waals surface area contributed by atoms with Gasteiger partial charge in [-0.2, -0.15) is 0 Å². The smallest absolute Gasteiger partial charge is 0.258 e. The summed E-state index contributed by atoms with van der Waals surface area (Å²) in [6.45, 7) is 1.75. The fraction of sp³-hybridized carbons (Fsp3) is 0.545. The average Bonchev–Trinajstić information content (AvgIpc) is 2.99. The molecule has 0 N–H and O–H groups in total. The first-order valence-electron chi connectivity index (χ1n) is 5.32. The molecule has 1 atom stereocenters. The summed E-state index contributed by atoms with van der Waals surface area (Å²) in [5.74, 6) is 0.668. The van der Waals surface area contributed by atoms with E-state index in [4.69, 9.17) is 0 Å². The summed E-state index contributed by atoms with van der Waals surface area (Å²) >= 11 is 3.59. The summed E-state index contributed by atoms with van der Waals surface area (Å²) in [4.78, 5) is 15.1. The third-order valence-electron chi connectivity index (χ3n) is 2.91. The van der Waals surface area contributed by atoms with Crippen molar-refractivity contribution >= 4 is 21.6 Å². The highest BCUT2D eigenvalue weighted by Crippen LogP contribution is 2.39. The average molecular weight is 285 g/mol. The minimum Gasteiger partial charge on any atom is -0.258 e. The quantitative estimate of drug-likeness (QED) is 0.485. The lowest BCUT2D eigenvalue weighted by Gasteiger charge is -2.08. The molecule has 0 bridgehead atoms. The van der Waals surface area contributed by atoms with E-state index in [9.17, 15) is 10.1 Å². The first kappa shape index (κ1) is 11.5. The van der Waals surface area contributed by atoms with Gasteiger partial charge in [0.15, 0.2) is 0 Å². The molecule has 1 heterocycles. The van der Waals surface area contributed by atoms with E-state index < -0.39 is 0 Å². The normalized spacial score (nSPS) is 17.1. The second-order valence-electron chi connectivity index (χ2n) is 4.24. The zero-order valence-corrected chi connectivity index (χ0v) is 10.6. The molecule has 0 spiro atoms. The predicted octanol–water partition coefficient (Wildman–Crippen LogP) is 3.01. The van der Waals surface area contributed by atoms with E-state index in [1.54, 1.807) is 19.2 Å². The summed E-state index contributed by atoms with van der Waals surface area (Å²) < 4.78 is 0. The Bertz CT molecular complexity index is 418. The Kier molecular flexibility index (Phi) is 3.23. The van der Waals surface area contributed by atoms with Gasteiger partial charge in [0.05, 0.1) is 4.92 Å². The van der Waals surface area contributed by atoms with Crippen LogP contribution in [0.4, 0.5) is 5.69 Å². The van der Waals surface area contributed by atoms with Crippen LogP contribution in [0.3, 0.4) is 0 Å². The van der Waals surface area contributed by atoms with Gasteiger partial charge in [0.2, 0.25) is 0 Å². The molecular formula is C11H13BrN2O2. The Hall–Kier alpha value is -0.970. The molecule has 0 amide bonds. The first-order chi connectivity index (χ1) is 7.59. The van der Waals surface area contributed by atoms with Crippen molar-refractivity contribution in [2.45, 2.75) is 31.0 Å². The van der Waals surface area contributed by atoms with Crippen molar-refractivity contribution in [2.24, 2.45) is 5.92 Å². The number of aryl methyl sites for hydroxylation is 1. The number of rotatable bonds is 4. The molecule has 1 fully saturated rings. The van der Waals surface area contributed by atoms with E-state index in [1.807, 2.05) is 0 Å². The number of alkyl halides is 1. The Morgan fingerprint density at radius 2 is 2.38 bits per heavy atom. The predicted molar refractivity (Wildman–Crippen MR) is 64.8 cm³/mol. The molecule has 1 aliphatic carbocycles. The van der Waals surface area contributed by atoms with Crippen LogP contribution >= 0.6 is 15.9 Å². The maximum absolute atomic E-state index is 11.0. The number of nitro groups is 1. The van der Waals surface area contributed by atoms with Gasteiger partial charge in [-0.05, 0) is 31.7 Å². The number of nitrogens with zero attached hydrogens (tertiary/aromatic N) is 2. The Balaban J connectivity index is 2.24. The van der Waals surface area contributed by atoms with Crippen LogP contribution in [0.5, 0.6) is 0 Å². The van der Waals surface area contributed by atoms with E-state index in [1.165, 1.54) is 12.8 Å². The van der Waals surface area contributed by atoms with Crippen LogP contribution in [-0.2, 0) is 6.42 Å². The van der Waals surface area contributed by atoms with Crippen molar-refractivity contribution < 1.29 is 4.92 Å². The van der Waals surface area contributed by atoms with Gasteiger partial charge in [0.25, 0.3) is 5.69 Å². The topological polar surface area (TPSA) is 56.0 Å². The Morgan fingerprint density at radius 1 is 1.69 bits per heavy atom. The van der Waals surface area contributed by atoms with Gasteiger partial charge in [0.1, 0.15) is 5.69 Å². The monoisotopic (exact) mass is 284 g/mol. The SMILES string of the molecule is Cc1ccnc(CC(Br)C2CC2)c1[N+](=O)[O-]. The van der Waals surface area contributed by atoms with Crippen LogP contribution in [0, 0.1) is 23.0 Å². The molecule has 1 unspecified atom stereocenters. The van der Waals surface area contributed by atoms with Gasteiger partial charge in [-0.3, -0.25) is 15.1 Å². The lowest BCUT2D eigenvalue weighted by atomic mass is 10.1. The van der Waals surface area contributed by atoms with Crippen LogP contribution in [0.1, 0.15) is 24.1 Å². The number of halogens is 1. The van der Waals surface area contributed by atoms with Crippen LogP contribution in [0.2, 0.25) is 0 Å². The van der Waals surface area contributed by atoms with Crippen molar-refractivity contribution in [2.75, 3.05) is 0 Å². The lowest BCUT2D eigenvalue weighted by Crippen LogP contribution is -2.09. The summed E-state index contributed by atoms with van der Waals surface area (Å²) in [7, 11) is 0. The second kappa shape index (κ2) is 4.49. The van der Waals surface area contributed by atoms with E-state index in [0.29, 0.717) is 28.4 Å². The van der Waals surface area contributed by atoms with Gasteiger partial charge in [-0.15, -0.1) is 0 Å². The zero-order valence-electron chi connectivity index (χ0n) is 9.02. The molecule has 1 aromatic rings. The number of aromatic nitrogens is 1. The van der Waals surface area contributed by atoms with E-state index in [0.717, 1.165) is 0 Å². The largest absolute Gasteiger partial charge is 0.293 e. The summed E-state index contributed by atoms with van der Waals surface area (Å²) in [6.07, 6.45) is 4.72. The maximum atomic E-state index is 11.0. The molecule has 86 valence electrons. The van der Waals surface area contributed by atoms with Gasteiger partial charge in [-0.25, -0.2) is 0 Å². The highest BCUT2D eigenvalue weighted by molar-refractivity contribution is 9.09. The van der Waals surface area contributed by atoms with Crippen molar-refractivity contribution in [3.8, 4) is 0 Å². The zero-order chi connectivity index (χ0) is 11.7. The molecule has 0 radical (unpaired) electrons. The molecule has 0 aromatic carbocycles. The van der Waals surface area contributed by atoms with Crippen LogP contribution in [0.25, 0.3) is 0 Å². The molecule has 0 saturated heterocycles. The van der Waals surface area contributed by atoms with Crippen molar-refractivity contribution in [1.29, 1.82) is 0 Å². The molecular weight excluding hydrogens is 272 g/mol. The number of hydrogen-bond donors (Lipinski definition) is 0. The van der Waals surface area contributed by atoms with E-state index in [-0.39, 0.29) is 10.6 Å². The van der Waals surface area contributed by atoms with Crippen molar-refractivity contribution in [1.82, 2.24) is 4.98 Å². The lowest BCUT2D eigenvalue weighted by molar-refractivity contribution is -0.386. The van der Waals surface area contributed by atoms with Gasteiger partial charge < -0.3 is 0 Å². The molecule has 0 aliphatic heterocycles.